The number of hydrogen-bond donors (Lipinski definition) is 0. The Balaban J connectivity index is 1.86. The van der Waals surface area contributed by atoms with E-state index in [0.29, 0.717) is 5.69 Å². The second-order valence-corrected chi connectivity index (χ2v) is 5.78. The first-order valence-corrected chi connectivity index (χ1v) is 7.46. The molecule has 1 aliphatic rings. The first kappa shape index (κ1) is 12.6. The molecule has 0 saturated carbocycles. The van der Waals surface area contributed by atoms with Crippen LogP contribution in [0, 0.1) is 11.6 Å². The maximum atomic E-state index is 13.5. The summed E-state index contributed by atoms with van der Waals surface area (Å²) in [6, 6.07) is 12.8. The molecule has 2 heterocycles. The number of benzene rings is 2. The molecule has 0 unspecified atom stereocenters. The first-order chi connectivity index (χ1) is 10.2. The highest BCUT2D eigenvalue weighted by Crippen LogP contribution is 2.33. The number of rotatable bonds is 1. The third kappa shape index (κ3) is 2.14. The second kappa shape index (κ2) is 4.70. The number of nitrogens with zero attached hydrogens (tertiary/aromatic N) is 2. The fourth-order valence-electron chi connectivity index (χ4n) is 2.47. The van der Waals surface area contributed by atoms with Crippen molar-refractivity contribution in [3.8, 4) is 0 Å². The highest BCUT2D eigenvalue weighted by molar-refractivity contribution is 8.13. The Morgan fingerprint density at radius 3 is 2.52 bits per heavy atom. The van der Waals surface area contributed by atoms with Crippen LogP contribution < -0.4 is 0 Å². The lowest BCUT2D eigenvalue weighted by Gasteiger charge is -2.03. The Bertz CT molecular complexity index is 866. The van der Waals surface area contributed by atoms with Crippen molar-refractivity contribution >= 4 is 33.5 Å². The van der Waals surface area contributed by atoms with Gasteiger partial charge in [0.05, 0.1) is 11.2 Å². The minimum absolute atomic E-state index is 0.263. The summed E-state index contributed by atoms with van der Waals surface area (Å²) in [6.07, 6.45) is 0. The van der Waals surface area contributed by atoms with Gasteiger partial charge in [0.1, 0.15) is 11.6 Å². The molecule has 0 aliphatic carbocycles. The first-order valence-electron chi connectivity index (χ1n) is 6.48. The number of aromatic nitrogens is 1. The van der Waals surface area contributed by atoms with E-state index in [0.717, 1.165) is 27.5 Å². The molecular formula is C16H10F2N2S. The van der Waals surface area contributed by atoms with Crippen LogP contribution >= 0.6 is 11.8 Å². The van der Waals surface area contributed by atoms with Crippen LogP contribution in [0.15, 0.2) is 53.5 Å². The van der Waals surface area contributed by atoms with Crippen LogP contribution in [-0.4, -0.2) is 9.73 Å². The van der Waals surface area contributed by atoms with Crippen molar-refractivity contribution in [2.75, 3.05) is 0 Å². The maximum absolute atomic E-state index is 13.5. The second-order valence-electron chi connectivity index (χ2n) is 4.83. The lowest BCUT2D eigenvalue weighted by Crippen LogP contribution is -2.02. The lowest BCUT2D eigenvalue weighted by atomic mass is 10.2. The molecule has 0 bridgehead atoms. The zero-order valence-electron chi connectivity index (χ0n) is 10.9. The third-order valence-electron chi connectivity index (χ3n) is 3.43. The van der Waals surface area contributed by atoms with Gasteiger partial charge >= 0.3 is 0 Å². The van der Waals surface area contributed by atoms with Gasteiger partial charge < -0.3 is 0 Å². The van der Waals surface area contributed by atoms with Gasteiger partial charge in [-0.15, -0.1) is 0 Å². The molecule has 2 nitrogen and oxygen atoms in total. The molecule has 4 rings (SSSR count). The van der Waals surface area contributed by atoms with Crippen LogP contribution in [0.1, 0.15) is 5.69 Å². The average molecular weight is 300 g/mol. The molecule has 21 heavy (non-hydrogen) atoms. The summed E-state index contributed by atoms with van der Waals surface area (Å²) in [7, 11) is 0. The van der Waals surface area contributed by atoms with E-state index in [1.165, 1.54) is 24.3 Å². The van der Waals surface area contributed by atoms with E-state index in [2.05, 4.69) is 11.1 Å². The SMILES string of the molecule is Fc1ccc(/N=C2\SCc3cc4ccc(F)cc4n32)cc1. The molecule has 3 aromatic rings. The Hall–Kier alpha value is -2.14. The molecule has 0 N–H and O–H groups in total. The van der Waals surface area contributed by atoms with Gasteiger partial charge in [0.25, 0.3) is 0 Å². The number of thioether (sulfide) groups is 1. The van der Waals surface area contributed by atoms with E-state index in [1.54, 1.807) is 30.0 Å². The van der Waals surface area contributed by atoms with E-state index < -0.39 is 0 Å². The molecule has 5 heteroatoms. The number of halogens is 2. The van der Waals surface area contributed by atoms with Crippen molar-refractivity contribution < 1.29 is 8.78 Å². The van der Waals surface area contributed by atoms with Crippen LogP contribution in [0.4, 0.5) is 14.5 Å². The van der Waals surface area contributed by atoms with Crippen LogP contribution in [0.5, 0.6) is 0 Å². The number of aliphatic imine (C=N–C) groups is 1. The fourth-order valence-corrected chi connectivity index (χ4v) is 3.48. The lowest BCUT2D eigenvalue weighted by molar-refractivity contribution is 0.628. The van der Waals surface area contributed by atoms with Crippen LogP contribution in [-0.2, 0) is 5.75 Å². The van der Waals surface area contributed by atoms with E-state index in [4.69, 9.17) is 0 Å². The van der Waals surface area contributed by atoms with Gasteiger partial charge in [-0.25, -0.2) is 13.8 Å². The normalized spacial score (nSPS) is 15.8. The van der Waals surface area contributed by atoms with Gasteiger partial charge in [0, 0.05) is 16.8 Å². The smallest absolute Gasteiger partial charge is 0.173 e. The quantitative estimate of drug-likeness (QED) is 0.636. The molecule has 0 spiro atoms. The summed E-state index contributed by atoms with van der Waals surface area (Å²) >= 11 is 1.59. The summed E-state index contributed by atoms with van der Waals surface area (Å²) in [5, 5.41) is 1.79. The molecular weight excluding hydrogens is 290 g/mol. The zero-order valence-corrected chi connectivity index (χ0v) is 11.7. The van der Waals surface area contributed by atoms with Crippen molar-refractivity contribution in [2.24, 2.45) is 4.99 Å². The molecule has 0 fully saturated rings. The Kier molecular flexibility index (Phi) is 2.82. The van der Waals surface area contributed by atoms with E-state index in [1.807, 2.05) is 4.57 Å². The summed E-state index contributed by atoms with van der Waals surface area (Å²) < 4.78 is 28.4. The maximum Gasteiger partial charge on any atom is 0.173 e. The topological polar surface area (TPSA) is 17.3 Å². The van der Waals surface area contributed by atoms with Crippen LogP contribution in [0.3, 0.4) is 0 Å². The molecule has 0 saturated heterocycles. The highest BCUT2D eigenvalue weighted by Gasteiger charge is 2.21. The third-order valence-corrected chi connectivity index (χ3v) is 4.41. The molecule has 2 aromatic carbocycles. The van der Waals surface area contributed by atoms with Gasteiger partial charge in [0.15, 0.2) is 5.17 Å². The van der Waals surface area contributed by atoms with Gasteiger partial charge in [0.2, 0.25) is 0 Å². The zero-order chi connectivity index (χ0) is 14.4. The molecule has 1 aliphatic heterocycles. The average Bonchev–Trinajstić information content (AvgIpc) is 3.01. The van der Waals surface area contributed by atoms with Crippen molar-refractivity contribution in [3.05, 3.63) is 65.9 Å². The molecule has 104 valence electrons. The Morgan fingerprint density at radius 2 is 1.71 bits per heavy atom. The van der Waals surface area contributed by atoms with Gasteiger partial charge in [-0.2, -0.15) is 0 Å². The van der Waals surface area contributed by atoms with Gasteiger partial charge in [-0.05, 0) is 48.5 Å². The van der Waals surface area contributed by atoms with Crippen molar-refractivity contribution in [1.82, 2.24) is 4.57 Å². The van der Waals surface area contributed by atoms with Crippen LogP contribution in [0.25, 0.3) is 10.9 Å². The van der Waals surface area contributed by atoms with E-state index in [9.17, 15) is 8.78 Å². The highest BCUT2D eigenvalue weighted by atomic mass is 32.2. The van der Waals surface area contributed by atoms with Crippen molar-refractivity contribution in [2.45, 2.75) is 5.75 Å². The molecule has 0 atom stereocenters. The Morgan fingerprint density at radius 1 is 0.952 bits per heavy atom. The number of hydrogen-bond acceptors (Lipinski definition) is 2. The van der Waals surface area contributed by atoms with Crippen molar-refractivity contribution in [1.29, 1.82) is 0 Å². The van der Waals surface area contributed by atoms with Crippen molar-refractivity contribution in [3.63, 3.8) is 0 Å². The summed E-state index contributed by atoms with van der Waals surface area (Å²) in [6.45, 7) is 0. The molecule has 1 aromatic heterocycles. The fraction of sp³-hybridized carbons (Fsp3) is 0.0625. The minimum atomic E-state index is -0.285. The van der Waals surface area contributed by atoms with E-state index >= 15 is 0 Å². The van der Waals surface area contributed by atoms with Crippen LogP contribution in [0.2, 0.25) is 0 Å². The number of fused-ring (bicyclic) bond motifs is 3. The predicted molar refractivity (Wildman–Crippen MR) is 82.1 cm³/mol. The standard InChI is InChI=1S/C16H10F2N2S/c17-11-3-5-13(6-4-11)19-16-20-14(9-21-16)7-10-1-2-12(18)8-15(10)20/h1-8H,9H2/b19-16-. The molecule has 0 radical (unpaired) electrons. The minimum Gasteiger partial charge on any atom is -0.292 e. The van der Waals surface area contributed by atoms with E-state index in [-0.39, 0.29) is 11.6 Å². The summed E-state index contributed by atoms with van der Waals surface area (Å²) in [5.74, 6) is 0.254. The molecule has 0 amide bonds. The summed E-state index contributed by atoms with van der Waals surface area (Å²) in [4.78, 5) is 4.55. The van der Waals surface area contributed by atoms with Gasteiger partial charge in [-0.3, -0.25) is 4.57 Å². The summed E-state index contributed by atoms with van der Waals surface area (Å²) in [5.41, 5.74) is 2.60. The largest absolute Gasteiger partial charge is 0.292 e. The van der Waals surface area contributed by atoms with Gasteiger partial charge in [-0.1, -0.05) is 11.8 Å². The predicted octanol–water partition coefficient (Wildman–Crippen LogP) is 4.70. The Labute approximate surface area is 124 Å². The monoisotopic (exact) mass is 300 g/mol.